The van der Waals surface area contributed by atoms with E-state index >= 15 is 0 Å². The summed E-state index contributed by atoms with van der Waals surface area (Å²) in [6.07, 6.45) is 0.538. The predicted octanol–water partition coefficient (Wildman–Crippen LogP) is -0.0551. The molecule has 120 valence electrons. The summed E-state index contributed by atoms with van der Waals surface area (Å²) < 4.78 is 21.8. The molecule has 3 saturated heterocycles. The average molecular weight is 300 g/mol. The fourth-order valence-electron chi connectivity index (χ4n) is 2.89. The lowest BCUT2D eigenvalue weighted by Crippen LogP contribution is -2.51. The van der Waals surface area contributed by atoms with Gasteiger partial charge in [0.2, 0.25) is 0 Å². The van der Waals surface area contributed by atoms with Gasteiger partial charge in [-0.15, -0.1) is 0 Å². The Morgan fingerprint density at radius 2 is 1.95 bits per heavy atom. The summed E-state index contributed by atoms with van der Waals surface area (Å²) in [4.78, 5) is 16.2. The van der Waals surface area contributed by atoms with Crippen molar-refractivity contribution in [1.82, 2.24) is 9.80 Å². The van der Waals surface area contributed by atoms with Crippen molar-refractivity contribution in [2.24, 2.45) is 0 Å². The van der Waals surface area contributed by atoms with E-state index in [1.807, 2.05) is 0 Å². The van der Waals surface area contributed by atoms with E-state index in [0.717, 1.165) is 39.3 Å². The SMILES string of the molecule is O=C(OC1CCOC1)N1CCOC(CN2CCOCC2)C1. The molecular weight excluding hydrogens is 276 g/mol. The van der Waals surface area contributed by atoms with Crippen molar-refractivity contribution in [3.8, 4) is 0 Å². The fourth-order valence-corrected chi connectivity index (χ4v) is 2.89. The number of rotatable bonds is 3. The van der Waals surface area contributed by atoms with E-state index in [2.05, 4.69) is 4.90 Å². The van der Waals surface area contributed by atoms with Gasteiger partial charge in [-0.05, 0) is 0 Å². The van der Waals surface area contributed by atoms with Crippen LogP contribution in [-0.2, 0) is 18.9 Å². The van der Waals surface area contributed by atoms with Crippen LogP contribution in [0, 0.1) is 0 Å². The van der Waals surface area contributed by atoms with E-state index in [0.29, 0.717) is 32.9 Å². The van der Waals surface area contributed by atoms with Crippen molar-refractivity contribution in [3.63, 3.8) is 0 Å². The highest BCUT2D eigenvalue weighted by Gasteiger charge is 2.29. The zero-order chi connectivity index (χ0) is 14.5. The van der Waals surface area contributed by atoms with E-state index in [4.69, 9.17) is 18.9 Å². The minimum absolute atomic E-state index is 0.0595. The highest BCUT2D eigenvalue weighted by atomic mass is 16.6. The summed E-state index contributed by atoms with van der Waals surface area (Å²) in [6, 6.07) is 0. The lowest BCUT2D eigenvalue weighted by Gasteiger charge is -2.36. The second-order valence-corrected chi connectivity index (χ2v) is 5.72. The maximum Gasteiger partial charge on any atom is 0.410 e. The third-order valence-electron chi connectivity index (χ3n) is 4.12. The normalized spacial score (nSPS) is 31.3. The predicted molar refractivity (Wildman–Crippen MR) is 74.3 cm³/mol. The molecule has 0 bridgehead atoms. The Labute approximate surface area is 125 Å². The molecule has 3 fully saturated rings. The summed E-state index contributed by atoms with van der Waals surface area (Å²) in [5.74, 6) is 0. The largest absolute Gasteiger partial charge is 0.444 e. The van der Waals surface area contributed by atoms with E-state index in [1.165, 1.54) is 0 Å². The van der Waals surface area contributed by atoms with Gasteiger partial charge < -0.3 is 23.8 Å². The molecule has 7 nitrogen and oxygen atoms in total. The molecule has 3 aliphatic rings. The summed E-state index contributed by atoms with van der Waals surface area (Å²) in [6.45, 7) is 7.25. The third-order valence-corrected chi connectivity index (χ3v) is 4.12. The molecule has 0 saturated carbocycles. The van der Waals surface area contributed by atoms with Gasteiger partial charge in [-0.1, -0.05) is 0 Å². The van der Waals surface area contributed by atoms with Crippen LogP contribution in [0.25, 0.3) is 0 Å². The Hall–Kier alpha value is -0.890. The second-order valence-electron chi connectivity index (χ2n) is 5.72. The second kappa shape index (κ2) is 7.40. The molecule has 0 spiro atoms. The zero-order valence-electron chi connectivity index (χ0n) is 12.4. The van der Waals surface area contributed by atoms with Gasteiger partial charge >= 0.3 is 6.09 Å². The molecule has 0 radical (unpaired) electrons. The van der Waals surface area contributed by atoms with Gasteiger partial charge in [0.25, 0.3) is 0 Å². The van der Waals surface area contributed by atoms with E-state index < -0.39 is 0 Å². The van der Waals surface area contributed by atoms with Crippen LogP contribution in [0.2, 0.25) is 0 Å². The molecule has 2 unspecified atom stereocenters. The number of hydrogen-bond donors (Lipinski definition) is 0. The zero-order valence-corrected chi connectivity index (χ0v) is 12.4. The molecule has 2 atom stereocenters. The third kappa shape index (κ3) is 4.29. The number of nitrogens with zero attached hydrogens (tertiary/aromatic N) is 2. The first-order chi connectivity index (χ1) is 10.3. The molecular formula is C14H24N2O5. The maximum absolute atomic E-state index is 12.2. The van der Waals surface area contributed by atoms with E-state index in [-0.39, 0.29) is 18.3 Å². The van der Waals surface area contributed by atoms with Gasteiger partial charge in [0.05, 0.1) is 45.7 Å². The summed E-state index contributed by atoms with van der Waals surface area (Å²) in [5.41, 5.74) is 0. The van der Waals surface area contributed by atoms with E-state index in [9.17, 15) is 4.79 Å². The quantitative estimate of drug-likeness (QED) is 0.728. The van der Waals surface area contributed by atoms with Crippen molar-refractivity contribution in [3.05, 3.63) is 0 Å². The number of hydrogen-bond acceptors (Lipinski definition) is 6. The van der Waals surface area contributed by atoms with E-state index in [1.54, 1.807) is 4.90 Å². The molecule has 3 aliphatic heterocycles. The van der Waals surface area contributed by atoms with Crippen LogP contribution >= 0.6 is 0 Å². The highest BCUT2D eigenvalue weighted by molar-refractivity contribution is 5.68. The smallest absolute Gasteiger partial charge is 0.410 e. The lowest BCUT2D eigenvalue weighted by atomic mass is 10.2. The van der Waals surface area contributed by atoms with Crippen LogP contribution in [0.15, 0.2) is 0 Å². The first kappa shape index (κ1) is 15.0. The van der Waals surface area contributed by atoms with Crippen molar-refractivity contribution in [1.29, 1.82) is 0 Å². The Morgan fingerprint density at radius 3 is 2.71 bits per heavy atom. The Morgan fingerprint density at radius 1 is 1.10 bits per heavy atom. The van der Waals surface area contributed by atoms with Crippen molar-refractivity contribution >= 4 is 6.09 Å². The molecule has 3 heterocycles. The summed E-state index contributed by atoms with van der Waals surface area (Å²) >= 11 is 0. The lowest BCUT2D eigenvalue weighted by molar-refractivity contribution is -0.0576. The highest BCUT2D eigenvalue weighted by Crippen LogP contribution is 2.13. The number of amides is 1. The van der Waals surface area contributed by atoms with Gasteiger partial charge in [-0.25, -0.2) is 4.79 Å². The molecule has 1 amide bonds. The van der Waals surface area contributed by atoms with Gasteiger partial charge in [0.15, 0.2) is 0 Å². The van der Waals surface area contributed by atoms with Gasteiger partial charge in [0.1, 0.15) is 6.10 Å². The number of ether oxygens (including phenoxy) is 4. The standard InChI is InChI=1S/C14H24N2O5/c17-14(21-12-1-5-19-11-12)16-4-8-20-13(10-16)9-15-2-6-18-7-3-15/h12-13H,1-11H2. The Balaban J connectivity index is 1.44. The summed E-state index contributed by atoms with van der Waals surface area (Å²) in [5, 5.41) is 0. The first-order valence-electron chi connectivity index (χ1n) is 7.76. The summed E-state index contributed by atoms with van der Waals surface area (Å²) in [7, 11) is 0. The van der Waals surface area contributed by atoms with Crippen LogP contribution in [0.3, 0.4) is 0 Å². The molecule has 0 aromatic rings. The molecule has 0 N–H and O–H groups in total. The van der Waals surface area contributed by atoms with Crippen molar-refractivity contribution in [2.45, 2.75) is 18.6 Å². The number of carbonyl (C=O) groups is 1. The molecule has 0 aromatic carbocycles. The fraction of sp³-hybridized carbons (Fsp3) is 0.929. The van der Waals surface area contributed by atoms with Crippen LogP contribution in [0.4, 0.5) is 4.79 Å². The van der Waals surface area contributed by atoms with Gasteiger partial charge in [-0.3, -0.25) is 4.90 Å². The molecule has 3 rings (SSSR count). The van der Waals surface area contributed by atoms with Gasteiger partial charge in [-0.2, -0.15) is 0 Å². The van der Waals surface area contributed by atoms with Crippen LogP contribution < -0.4 is 0 Å². The monoisotopic (exact) mass is 300 g/mol. The molecule has 21 heavy (non-hydrogen) atoms. The van der Waals surface area contributed by atoms with Crippen LogP contribution in [0.1, 0.15) is 6.42 Å². The minimum atomic E-state index is -0.235. The Bertz CT molecular complexity index is 342. The van der Waals surface area contributed by atoms with Crippen molar-refractivity contribution < 1.29 is 23.7 Å². The number of carbonyl (C=O) groups excluding carboxylic acids is 1. The Kier molecular flexibility index (Phi) is 5.29. The maximum atomic E-state index is 12.2. The average Bonchev–Trinajstić information content (AvgIpc) is 3.01. The van der Waals surface area contributed by atoms with Crippen molar-refractivity contribution in [2.75, 3.05) is 65.8 Å². The number of morpholine rings is 2. The van der Waals surface area contributed by atoms with Crippen LogP contribution in [-0.4, -0.2) is 93.9 Å². The molecule has 0 aliphatic carbocycles. The van der Waals surface area contributed by atoms with Crippen LogP contribution in [0.5, 0.6) is 0 Å². The molecule has 7 heteroatoms. The topological polar surface area (TPSA) is 60.5 Å². The first-order valence-corrected chi connectivity index (χ1v) is 7.76. The molecule has 0 aromatic heterocycles. The minimum Gasteiger partial charge on any atom is -0.444 e. The van der Waals surface area contributed by atoms with Gasteiger partial charge in [0, 0.05) is 32.6 Å².